The van der Waals surface area contributed by atoms with Gasteiger partial charge in [-0.3, -0.25) is 4.98 Å². The molecule has 0 amide bonds. The topological polar surface area (TPSA) is 12.9 Å². The molecular weight excluding hydrogens is 194 g/mol. The number of nitrogens with zero attached hydrogens (tertiary/aromatic N) is 1. The maximum absolute atomic E-state index is 4.65. The molecule has 0 aromatic carbocycles. The molecule has 1 heterocycles. The Morgan fingerprint density at radius 3 is 1.56 bits per heavy atom. The van der Waals surface area contributed by atoms with Crippen LogP contribution in [0.25, 0.3) is 0 Å². The van der Waals surface area contributed by atoms with E-state index in [1.807, 2.05) is 13.8 Å². The second kappa shape index (κ2) is 8.32. The molecule has 0 spiro atoms. The minimum Gasteiger partial charge on any atom is -0.258 e. The smallest absolute Gasteiger partial charge is 0.0409 e. The van der Waals surface area contributed by atoms with Gasteiger partial charge in [-0.2, -0.15) is 0 Å². The molecule has 0 saturated carbocycles. The summed E-state index contributed by atoms with van der Waals surface area (Å²) in [7, 11) is 0. The van der Waals surface area contributed by atoms with Crippen LogP contribution in [0.4, 0.5) is 0 Å². The van der Waals surface area contributed by atoms with Gasteiger partial charge in [0.25, 0.3) is 0 Å². The van der Waals surface area contributed by atoms with E-state index in [1.165, 1.54) is 11.4 Å². The molecule has 0 fully saturated rings. The lowest BCUT2D eigenvalue weighted by Gasteiger charge is -2.08. The first-order valence-corrected chi connectivity index (χ1v) is 6.52. The zero-order valence-corrected chi connectivity index (χ0v) is 11.7. The van der Waals surface area contributed by atoms with E-state index < -0.39 is 0 Å². The van der Waals surface area contributed by atoms with E-state index in [4.69, 9.17) is 0 Å². The SMILES string of the molecule is CC.CC(C)Cc1cccc(CC(C)C)n1. The van der Waals surface area contributed by atoms with Crippen molar-refractivity contribution in [2.24, 2.45) is 11.8 Å². The maximum atomic E-state index is 4.65. The van der Waals surface area contributed by atoms with Gasteiger partial charge in [0.05, 0.1) is 0 Å². The molecule has 0 atom stereocenters. The summed E-state index contributed by atoms with van der Waals surface area (Å²) in [5.41, 5.74) is 2.47. The molecule has 1 nitrogen and oxygen atoms in total. The number of aromatic nitrogens is 1. The van der Waals surface area contributed by atoms with Gasteiger partial charge in [-0.1, -0.05) is 47.6 Å². The van der Waals surface area contributed by atoms with E-state index in [0.29, 0.717) is 11.8 Å². The van der Waals surface area contributed by atoms with Gasteiger partial charge in [0, 0.05) is 11.4 Å². The van der Waals surface area contributed by atoms with E-state index in [2.05, 4.69) is 50.9 Å². The van der Waals surface area contributed by atoms with Crippen molar-refractivity contribution in [3.05, 3.63) is 29.6 Å². The molecule has 0 N–H and O–H groups in total. The Morgan fingerprint density at radius 2 is 1.25 bits per heavy atom. The minimum atomic E-state index is 0.691. The van der Waals surface area contributed by atoms with Crippen LogP contribution in [-0.4, -0.2) is 4.98 Å². The lowest BCUT2D eigenvalue weighted by Crippen LogP contribution is -2.02. The second-order valence-corrected chi connectivity index (χ2v) is 4.82. The van der Waals surface area contributed by atoms with Crippen molar-refractivity contribution in [3.63, 3.8) is 0 Å². The van der Waals surface area contributed by atoms with E-state index in [-0.39, 0.29) is 0 Å². The fraction of sp³-hybridized carbons (Fsp3) is 0.667. The van der Waals surface area contributed by atoms with Gasteiger partial charge >= 0.3 is 0 Å². The molecule has 1 aromatic rings. The molecule has 0 aliphatic heterocycles. The zero-order valence-electron chi connectivity index (χ0n) is 11.7. The lowest BCUT2D eigenvalue weighted by molar-refractivity contribution is 0.613. The summed E-state index contributed by atoms with van der Waals surface area (Å²) >= 11 is 0. The monoisotopic (exact) mass is 221 g/mol. The van der Waals surface area contributed by atoms with Gasteiger partial charge < -0.3 is 0 Å². The third-order valence-electron chi connectivity index (χ3n) is 2.10. The fourth-order valence-corrected chi connectivity index (χ4v) is 1.59. The highest BCUT2D eigenvalue weighted by Crippen LogP contribution is 2.09. The van der Waals surface area contributed by atoms with Crippen molar-refractivity contribution in [1.82, 2.24) is 4.98 Å². The number of pyridine rings is 1. The predicted molar refractivity (Wildman–Crippen MR) is 72.7 cm³/mol. The summed E-state index contributed by atoms with van der Waals surface area (Å²) in [6.45, 7) is 12.9. The highest BCUT2D eigenvalue weighted by Gasteiger charge is 2.02. The van der Waals surface area contributed by atoms with Crippen molar-refractivity contribution in [3.8, 4) is 0 Å². The summed E-state index contributed by atoms with van der Waals surface area (Å²) < 4.78 is 0. The van der Waals surface area contributed by atoms with Crippen LogP contribution in [0.5, 0.6) is 0 Å². The van der Waals surface area contributed by atoms with Gasteiger partial charge in [-0.25, -0.2) is 0 Å². The normalized spacial score (nSPS) is 10.2. The van der Waals surface area contributed by atoms with E-state index in [0.717, 1.165) is 12.8 Å². The molecule has 0 aliphatic rings. The first-order valence-electron chi connectivity index (χ1n) is 6.52. The molecule has 1 rings (SSSR count). The Kier molecular flexibility index (Phi) is 7.88. The van der Waals surface area contributed by atoms with Crippen LogP contribution in [0.2, 0.25) is 0 Å². The quantitative estimate of drug-likeness (QED) is 0.729. The van der Waals surface area contributed by atoms with Gasteiger partial charge in [0.15, 0.2) is 0 Å². The maximum Gasteiger partial charge on any atom is 0.0409 e. The molecule has 92 valence electrons. The van der Waals surface area contributed by atoms with Gasteiger partial charge in [-0.15, -0.1) is 0 Å². The van der Waals surface area contributed by atoms with Crippen molar-refractivity contribution in [1.29, 1.82) is 0 Å². The summed E-state index contributed by atoms with van der Waals surface area (Å²) in [6, 6.07) is 6.38. The van der Waals surface area contributed by atoms with Crippen LogP contribution in [0.15, 0.2) is 18.2 Å². The molecule has 1 heteroatoms. The molecule has 0 bridgehead atoms. The lowest BCUT2D eigenvalue weighted by atomic mass is 10.0. The summed E-state index contributed by atoms with van der Waals surface area (Å²) in [4.78, 5) is 4.65. The van der Waals surface area contributed by atoms with E-state index >= 15 is 0 Å². The average Bonchev–Trinajstić information content (AvgIpc) is 2.19. The van der Waals surface area contributed by atoms with Gasteiger partial charge in [0.1, 0.15) is 0 Å². The van der Waals surface area contributed by atoms with Crippen molar-refractivity contribution >= 4 is 0 Å². The largest absolute Gasteiger partial charge is 0.258 e. The molecular formula is C15H27N. The van der Waals surface area contributed by atoms with Crippen molar-refractivity contribution in [2.75, 3.05) is 0 Å². The fourth-order valence-electron chi connectivity index (χ4n) is 1.59. The third-order valence-corrected chi connectivity index (χ3v) is 2.10. The molecule has 0 radical (unpaired) electrons. The second-order valence-electron chi connectivity index (χ2n) is 4.82. The van der Waals surface area contributed by atoms with Crippen molar-refractivity contribution in [2.45, 2.75) is 54.4 Å². The Balaban J connectivity index is 0.00000106. The van der Waals surface area contributed by atoms with Crippen molar-refractivity contribution < 1.29 is 0 Å². The van der Waals surface area contributed by atoms with Crippen LogP contribution in [0.3, 0.4) is 0 Å². The number of hydrogen-bond donors (Lipinski definition) is 0. The van der Waals surface area contributed by atoms with Crippen LogP contribution in [-0.2, 0) is 12.8 Å². The minimum absolute atomic E-state index is 0.691. The zero-order chi connectivity index (χ0) is 12.6. The number of hydrogen-bond acceptors (Lipinski definition) is 1. The Hall–Kier alpha value is -0.850. The molecule has 0 unspecified atom stereocenters. The first-order chi connectivity index (χ1) is 7.58. The highest BCUT2D eigenvalue weighted by molar-refractivity contribution is 5.12. The summed E-state index contributed by atoms with van der Waals surface area (Å²) in [6.07, 6.45) is 2.18. The van der Waals surface area contributed by atoms with E-state index in [9.17, 15) is 0 Å². The molecule has 0 saturated heterocycles. The molecule has 16 heavy (non-hydrogen) atoms. The first kappa shape index (κ1) is 15.2. The van der Waals surface area contributed by atoms with Crippen LogP contribution >= 0.6 is 0 Å². The van der Waals surface area contributed by atoms with Crippen LogP contribution < -0.4 is 0 Å². The Bertz CT molecular complexity index is 251. The summed E-state index contributed by atoms with van der Waals surface area (Å²) in [5.74, 6) is 1.38. The molecule has 0 aliphatic carbocycles. The third kappa shape index (κ3) is 6.60. The predicted octanol–water partition coefficient (Wildman–Crippen LogP) is 4.50. The van der Waals surface area contributed by atoms with Crippen LogP contribution in [0.1, 0.15) is 52.9 Å². The molecule has 1 aromatic heterocycles. The van der Waals surface area contributed by atoms with Gasteiger partial charge in [0.2, 0.25) is 0 Å². The Labute approximate surface area is 101 Å². The standard InChI is InChI=1S/C13H21N.C2H6/c1-10(2)8-12-6-5-7-13(14-12)9-11(3)4;1-2/h5-7,10-11H,8-9H2,1-4H3;1-2H3. The average molecular weight is 221 g/mol. The number of rotatable bonds is 4. The highest BCUT2D eigenvalue weighted by atomic mass is 14.7. The van der Waals surface area contributed by atoms with E-state index in [1.54, 1.807) is 0 Å². The van der Waals surface area contributed by atoms with Gasteiger partial charge in [-0.05, 0) is 36.8 Å². The summed E-state index contributed by atoms with van der Waals surface area (Å²) in [5, 5.41) is 0. The van der Waals surface area contributed by atoms with Crippen LogP contribution in [0, 0.1) is 11.8 Å². The Morgan fingerprint density at radius 1 is 0.875 bits per heavy atom.